The largest absolute Gasteiger partial charge is 0.370 e. The summed E-state index contributed by atoms with van der Waals surface area (Å²) in [7, 11) is 0. The number of nitrogens with zero attached hydrogens (tertiary/aromatic N) is 2. The fourth-order valence-corrected chi connectivity index (χ4v) is 3.60. The molecule has 5 heteroatoms. The van der Waals surface area contributed by atoms with Crippen LogP contribution in [0.3, 0.4) is 0 Å². The maximum absolute atomic E-state index is 5.68. The van der Waals surface area contributed by atoms with Gasteiger partial charge in [0.25, 0.3) is 0 Å². The van der Waals surface area contributed by atoms with E-state index in [1.54, 1.807) is 0 Å². The predicted molar refractivity (Wildman–Crippen MR) is 117 cm³/mol. The van der Waals surface area contributed by atoms with E-state index >= 15 is 0 Å². The number of benzene rings is 2. The van der Waals surface area contributed by atoms with Crippen molar-refractivity contribution in [1.29, 1.82) is 0 Å². The number of aryl methyl sites for hydroxylation is 1. The molecular weight excluding hydrogens is 365 g/mol. The summed E-state index contributed by atoms with van der Waals surface area (Å²) in [5.74, 6) is 0. The first-order valence-corrected chi connectivity index (χ1v) is 9.07. The van der Waals surface area contributed by atoms with Gasteiger partial charge in [-0.1, -0.05) is 42.5 Å². The molecule has 0 aromatic heterocycles. The zero-order chi connectivity index (χ0) is 16.8. The summed E-state index contributed by atoms with van der Waals surface area (Å²) < 4.78 is 0. The Morgan fingerprint density at radius 2 is 1.65 bits per heavy atom. The Morgan fingerprint density at radius 1 is 0.885 bits per heavy atom. The van der Waals surface area contributed by atoms with Gasteiger partial charge in [-0.3, -0.25) is 4.90 Å². The SMILES string of the molecule is Cc1ccccc1N1CCCN(Cc2cccc(CCN)c2)CC1.Cl.Cl. The van der Waals surface area contributed by atoms with E-state index in [2.05, 4.69) is 65.3 Å². The van der Waals surface area contributed by atoms with Gasteiger partial charge in [-0.05, 0) is 49.1 Å². The number of hydrogen-bond acceptors (Lipinski definition) is 3. The van der Waals surface area contributed by atoms with E-state index in [9.17, 15) is 0 Å². The number of hydrogen-bond donors (Lipinski definition) is 1. The minimum absolute atomic E-state index is 0. The lowest BCUT2D eigenvalue weighted by molar-refractivity contribution is 0.285. The van der Waals surface area contributed by atoms with Crippen LogP contribution in [0.15, 0.2) is 48.5 Å². The molecule has 1 aliphatic rings. The molecule has 0 radical (unpaired) electrons. The monoisotopic (exact) mass is 395 g/mol. The van der Waals surface area contributed by atoms with Gasteiger partial charge < -0.3 is 10.6 Å². The zero-order valence-electron chi connectivity index (χ0n) is 15.6. The standard InChI is InChI=1S/C21H29N3.2ClH/c1-18-6-2-3-9-21(18)24-13-5-12-23(14-15-24)17-20-8-4-7-19(16-20)10-11-22;;/h2-4,6-9,16H,5,10-15,17,22H2,1H3;2*1H. The molecule has 2 aromatic carbocycles. The third-order valence-electron chi connectivity index (χ3n) is 4.88. The molecular formula is C21H31Cl2N3. The van der Waals surface area contributed by atoms with Crippen LogP contribution in [0.1, 0.15) is 23.1 Å². The summed E-state index contributed by atoms with van der Waals surface area (Å²) >= 11 is 0. The quantitative estimate of drug-likeness (QED) is 0.828. The van der Waals surface area contributed by atoms with Gasteiger partial charge in [0.05, 0.1) is 0 Å². The normalized spacial score (nSPS) is 14.9. The Hall–Kier alpha value is -1.26. The van der Waals surface area contributed by atoms with Crippen molar-refractivity contribution >= 4 is 30.5 Å². The maximum Gasteiger partial charge on any atom is 0.0396 e. The van der Waals surface area contributed by atoms with Crippen LogP contribution in [0.5, 0.6) is 0 Å². The Morgan fingerprint density at radius 3 is 2.42 bits per heavy atom. The zero-order valence-corrected chi connectivity index (χ0v) is 17.2. The van der Waals surface area contributed by atoms with Crippen molar-refractivity contribution in [2.45, 2.75) is 26.3 Å². The van der Waals surface area contributed by atoms with Crippen LogP contribution in [0, 0.1) is 6.92 Å². The van der Waals surface area contributed by atoms with Crippen molar-refractivity contribution in [2.24, 2.45) is 5.73 Å². The van der Waals surface area contributed by atoms with Crippen LogP contribution in [0.25, 0.3) is 0 Å². The van der Waals surface area contributed by atoms with Crippen LogP contribution in [-0.2, 0) is 13.0 Å². The van der Waals surface area contributed by atoms with Gasteiger partial charge in [0.2, 0.25) is 0 Å². The summed E-state index contributed by atoms with van der Waals surface area (Å²) in [4.78, 5) is 5.13. The molecule has 144 valence electrons. The van der Waals surface area contributed by atoms with Gasteiger partial charge in [0.15, 0.2) is 0 Å². The van der Waals surface area contributed by atoms with Gasteiger partial charge in [-0.15, -0.1) is 24.8 Å². The third-order valence-corrected chi connectivity index (χ3v) is 4.88. The summed E-state index contributed by atoms with van der Waals surface area (Å²) in [5, 5.41) is 0. The topological polar surface area (TPSA) is 32.5 Å². The van der Waals surface area contributed by atoms with Gasteiger partial charge in [-0.2, -0.15) is 0 Å². The first-order chi connectivity index (χ1) is 11.8. The summed E-state index contributed by atoms with van der Waals surface area (Å²) in [6.45, 7) is 8.51. The number of halogens is 2. The van der Waals surface area contributed by atoms with E-state index in [1.807, 2.05) is 0 Å². The highest BCUT2D eigenvalue weighted by Crippen LogP contribution is 2.21. The first kappa shape index (κ1) is 22.8. The second-order valence-electron chi connectivity index (χ2n) is 6.76. The van der Waals surface area contributed by atoms with Gasteiger partial charge in [0, 0.05) is 38.4 Å². The van der Waals surface area contributed by atoms with E-state index in [1.165, 1.54) is 35.3 Å². The maximum atomic E-state index is 5.68. The van der Waals surface area contributed by atoms with Crippen molar-refractivity contribution in [1.82, 2.24) is 4.90 Å². The molecule has 0 saturated carbocycles. The predicted octanol–water partition coefficient (Wildman–Crippen LogP) is 4.05. The molecule has 1 fully saturated rings. The lowest BCUT2D eigenvalue weighted by Gasteiger charge is -2.25. The summed E-state index contributed by atoms with van der Waals surface area (Å²) in [5.41, 5.74) is 11.2. The van der Waals surface area contributed by atoms with Gasteiger partial charge in [0.1, 0.15) is 0 Å². The van der Waals surface area contributed by atoms with E-state index in [0.29, 0.717) is 0 Å². The number of para-hydroxylation sites is 1. The van der Waals surface area contributed by atoms with Crippen LogP contribution in [-0.4, -0.2) is 37.6 Å². The van der Waals surface area contributed by atoms with E-state index < -0.39 is 0 Å². The van der Waals surface area contributed by atoms with E-state index in [0.717, 1.165) is 39.1 Å². The lowest BCUT2D eigenvalue weighted by Crippen LogP contribution is -2.30. The minimum Gasteiger partial charge on any atom is -0.370 e. The third kappa shape index (κ3) is 6.17. The van der Waals surface area contributed by atoms with E-state index in [-0.39, 0.29) is 24.8 Å². The van der Waals surface area contributed by atoms with Crippen molar-refractivity contribution in [3.8, 4) is 0 Å². The molecule has 0 amide bonds. The Balaban J connectivity index is 0.00000169. The first-order valence-electron chi connectivity index (χ1n) is 9.07. The molecule has 0 aliphatic carbocycles. The molecule has 1 saturated heterocycles. The molecule has 1 heterocycles. The molecule has 0 spiro atoms. The highest BCUT2D eigenvalue weighted by atomic mass is 35.5. The second-order valence-corrected chi connectivity index (χ2v) is 6.76. The highest BCUT2D eigenvalue weighted by Gasteiger charge is 2.16. The molecule has 26 heavy (non-hydrogen) atoms. The fourth-order valence-electron chi connectivity index (χ4n) is 3.60. The van der Waals surface area contributed by atoms with Crippen LogP contribution < -0.4 is 10.6 Å². The Bertz CT molecular complexity index is 663. The Kier molecular flexibility index (Phi) is 10.0. The van der Waals surface area contributed by atoms with Crippen molar-refractivity contribution in [3.63, 3.8) is 0 Å². The molecule has 0 bridgehead atoms. The van der Waals surface area contributed by atoms with Gasteiger partial charge >= 0.3 is 0 Å². The van der Waals surface area contributed by atoms with Crippen molar-refractivity contribution in [2.75, 3.05) is 37.6 Å². The Labute approximate surface area is 170 Å². The average Bonchev–Trinajstić information content (AvgIpc) is 2.82. The fraction of sp³-hybridized carbons (Fsp3) is 0.429. The van der Waals surface area contributed by atoms with Crippen LogP contribution in [0.2, 0.25) is 0 Å². The number of anilines is 1. The molecule has 0 atom stereocenters. The number of nitrogens with two attached hydrogens (primary N) is 1. The highest BCUT2D eigenvalue weighted by molar-refractivity contribution is 5.85. The summed E-state index contributed by atoms with van der Waals surface area (Å²) in [6, 6.07) is 17.6. The summed E-state index contributed by atoms with van der Waals surface area (Å²) in [6.07, 6.45) is 2.19. The average molecular weight is 396 g/mol. The smallest absolute Gasteiger partial charge is 0.0396 e. The molecule has 3 nitrogen and oxygen atoms in total. The minimum atomic E-state index is 0. The molecule has 3 rings (SSSR count). The second kappa shape index (κ2) is 11.5. The molecule has 0 unspecified atom stereocenters. The van der Waals surface area contributed by atoms with E-state index in [4.69, 9.17) is 5.73 Å². The number of rotatable bonds is 5. The van der Waals surface area contributed by atoms with Crippen LogP contribution in [0.4, 0.5) is 5.69 Å². The van der Waals surface area contributed by atoms with Crippen LogP contribution >= 0.6 is 24.8 Å². The molecule has 1 aliphatic heterocycles. The van der Waals surface area contributed by atoms with Crippen molar-refractivity contribution < 1.29 is 0 Å². The molecule has 2 N–H and O–H groups in total. The van der Waals surface area contributed by atoms with Gasteiger partial charge in [-0.25, -0.2) is 0 Å². The van der Waals surface area contributed by atoms with Crippen molar-refractivity contribution in [3.05, 3.63) is 65.2 Å². The lowest BCUT2D eigenvalue weighted by atomic mass is 10.1. The molecule has 2 aromatic rings.